The molecule has 24 heavy (non-hydrogen) atoms. The first kappa shape index (κ1) is 16.3. The summed E-state index contributed by atoms with van der Waals surface area (Å²) in [6.07, 6.45) is 5.15. The first-order chi connectivity index (χ1) is 11.7. The summed E-state index contributed by atoms with van der Waals surface area (Å²) in [4.78, 5) is 18.3. The Morgan fingerprint density at radius 1 is 1.21 bits per heavy atom. The third-order valence-electron chi connectivity index (χ3n) is 4.43. The van der Waals surface area contributed by atoms with E-state index in [4.69, 9.17) is 4.74 Å². The maximum Gasteiger partial charge on any atom is 0.253 e. The van der Waals surface area contributed by atoms with Crippen molar-refractivity contribution in [2.45, 2.75) is 25.9 Å². The molecule has 1 aliphatic rings. The van der Waals surface area contributed by atoms with Gasteiger partial charge in [0.05, 0.1) is 0 Å². The van der Waals surface area contributed by atoms with Gasteiger partial charge in [-0.25, -0.2) is 0 Å². The second kappa shape index (κ2) is 7.34. The lowest BCUT2D eigenvalue weighted by Gasteiger charge is -2.32. The second-order valence-corrected chi connectivity index (χ2v) is 6.08. The van der Waals surface area contributed by atoms with Crippen molar-refractivity contribution in [1.82, 2.24) is 9.88 Å². The Labute approximate surface area is 142 Å². The molecule has 0 saturated carbocycles. The highest BCUT2D eigenvalue weighted by Gasteiger charge is 2.25. The molecule has 1 saturated heterocycles. The van der Waals surface area contributed by atoms with Gasteiger partial charge in [0.2, 0.25) is 0 Å². The highest BCUT2D eigenvalue weighted by atomic mass is 16.5. The Kier molecular flexibility index (Phi) is 4.99. The second-order valence-electron chi connectivity index (χ2n) is 6.08. The number of ether oxygens (including phenoxy) is 1. The number of aromatic nitrogens is 1. The topological polar surface area (TPSA) is 54.5 Å². The molecule has 3 rings (SSSR count). The first-order valence-corrected chi connectivity index (χ1v) is 8.31. The molecule has 126 valence electrons. The Hall–Kier alpha value is -2.56. The molecule has 1 amide bonds. The highest BCUT2D eigenvalue weighted by molar-refractivity contribution is 5.94. The first-order valence-electron chi connectivity index (χ1n) is 8.31. The molecule has 0 radical (unpaired) electrons. The normalized spacial score (nSPS) is 15.2. The maximum absolute atomic E-state index is 12.5. The molecule has 0 aliphatic carbocycles. The molecule has 5 heteroatoms. The van der Waals surface area contributed by atoms with E-state index in [-0.39, 0.29) is 12.0 Å². The number of likely N-dealkylation sites (tertiary alicyclic amines) is 1. The number of anilines is 1. The van der Waals surface area contributed by atoms with Crippen molar-refractivity contribution >= 4 is 11.6 Å². The molecular formula is C19H23N3O2. The van der Waals surface area contributed by atoms with Crippen LogP contribution in [0.1, 0.15) is 28.8 Å². The Bertz CT molecular complexity index is 695. The number of nitrogens with zero attached hydrogens (tertiary/aromatic N) is 2. The van der Waals surface area contributed by atoms with Crippen molar-refractivity contribution in [3.63, 3.8) is 0 Å². The molecule has 1 aliphatic heterocycles. The molecule has 1 aromatic heterocycles. The Balaban J connectivity index is 1.58. The smallest absolute Gasteiger partial charge is 0.253 e. The van der Waals surface area contributed by atoms with Crippen molar-refractivity contribution in [1.29, 1.82) is 0 Å². The number of rotatable bonds is 4. The largest absolute Gasteiger partial charge is 0.490 e. The average Bonchev–Trinajstić information content (AvgIpc) is 2.64. The lowest BCUT2D eigenvalue weighted by atomic mass is 10.1. The summed E-state index contributed by atoms with van der Waals surface area (Å²) in [5.41, 5.74) is 2.87. The van der Waals surface area contributed by atoms with E-state index >= 15 is 0 Å². The van der Waals surface area contributed by atoms with Gasteiger partial charge in [-0.05, 0) is 30.7 Å². The predicted molar refractivity (Wildman–Crippen MR) is 94.5 cm³/mol. The molecule has 1 N–H and O–H groups in total. The van der Waals surface area contributed by atoms with Crippen molar-refractivity contribution < 1.29 is 9.53 Å². The third-order valence-corrected chi connectivity index (χ3v) is 4.43. The number of hydrogen-bond donors (Lipinski definition) is 1. The van der Waals surface area contributed by atoms with Gasteiger partial charge < -0.3 is 15.0 Å². The summed E-state index contributed by atoms with van der Waals surface area (Å²) in [6, 6.07) is 9.65. The van der Waals surface area contributed by atoms with E-state index in [1.54, 1.807) is 24.5 Å². The summed E-state index contributed by atoms with van der Waals surface area (Å²) < 4.78 is 6.17. The number of carbonyl (C=O) groups is 1. The van der Waals surface area contributed by atoms with Crippen LogP contribution in [0, 0.1) is 6.92 Å². The molecule has 1 aromatic carbocycles. The number of pyridine rings is 1. The zero-order valence-corrected chi connectivity index (χ0v) is 14.2. The summed E-state index contributed by atoms with van der Waals surface area (Å²) >= 11 is 0. The van der Waals surface area contributed by atoms with E-state index in [0.29, 0.717) is 5.56 Å². The van der Waals surface area contributed by atoms with E-state index in [1.165, 1.54) is 0 Å². The van der Waals surface area contributed by atoms with Gasteiger partial charge in [-0.15, -0.1) is 0 Å². The van der Waals surface area contributed by atoms with Crippen molar-refractivity contribution in [2.24, 2.45) is 0 Å². The van der Waals surface area contributed by atoms with Gasteiger partial charge in [0.1, 0.15) is 11.9 Å². The van der Waals surface area contributed by atoms with Crippen LogP contribution in [-0.2, 0) is 0 Å². The van der Waals surface area contributed by atoms with Crippen molar-refractivity contribution in [2.75, 3.05) is 25.5 Å². The van der Waals surface area contributed by atoms with E-state index in [1.807, 2.05) is 24.1 Å². The molecule has 1 fully saturated rings. The van der Waals surface area contributed by atoms with Crippen molar-refractivity contribution in [3.8, 4) is 5.75 Å². The minimum atomic E-state index is 0.0733. The summed E-state index contributed by atoms with van der Waals surface area (Å²) in [7, 11) is 1.90. The van der Waals surface area contributed by atoms with Crippen LogP contribution >= 0.6 is 0 Å². The van der Waals surface area contributed by atoms with Gasteiger partial charge in [0.25, 0.3) is 5.91 Å². The minimum Gasteiger partial charge on any atom is -0.490 e. The Morgan fingerprint density at radius 2 is 1.92 bits per heavy atom. The fourth-order valence-corrected chi connectivity index (χ4v) is 2.92. The minimum absolute atomic E-state index is 0.0733. The average molecular weight is 325 g/mol. The number of piperidine rings is 1. The van der Waals surface area contributed by atoms with Crippen LogP contribution in [0.15, 0.2) is 42.7 Å². The number of nitrogens with one attached hydrogen (secondary N) is 1. The molecule has 0 spiro atoms. The van der Waals surface area contributed by atoms with Crippen LogP contribution in [0.2, 0.25) is 0 Å². The molecular weight excluding hydrogens is 302 g/mol. The van der Waals surface area contributed by atoms with Gasteiger partial charge in [-0.1, -0.05) is 6.07 Å². The van der Waals surface area contributed by atoms with E-state index < -0.39 is 0 Å². The Morgan fingerprint density at radius 3 is 2.58 bits per heavy atom. The zero-order valence-electron chi connectivity index (χ0n) is 14.2. The van der Waals surface area contributed by atoms with E-state index in [0.717, 1.165) is 42.9 Å². The monoisotopic (exact) mass is 325 g/mol. The summed E-state index contributed by atoms with van der Waals surface area (Å²) in [5, 5.41) is 3.13. The summed E-state index contributed by atoms with van der Waals surface area (Å²) in [5.74, 6) is 0.991. The molecule has 5 nitrogen and oxygen atoms in total. The molecule has 2 heterocycles. The standard InChI is InChI=1S/C19H23N3O2/c1-14-3-4-16(20-2)13-18(14)24-17-7-11-22(12-8-17)19(23)15-5-9-21-10-6-15/h3-6,9-10,13,17,20H,7-8,11-12H2,1-2H3. The number of carbonyl (C=O) groups excluding carboxylic acids is 1. The molecule has 0 atom stereocenters. The van der Waals surface area contributed by atoms with Gasteiger partial charge in [-0.2, -0.15) is 0 Å². The van der Waals surface area contributed by atoms with Crippen molar-refractivity contribution in [3.05, 3.63) is 53.9 Å². The molecule has 0 unspecified atom stereocenters. The predicted octanol–water partition coefficient (Wildman–Crippen LogP) is 3.12. The highest BCUT2D eigenvalue weighted by Crippen LogP contribution is 2.26. The number of hydrogen-bond acceptors (Lipinski definition) is 4. The van der Waals surface area contributed by atoms with Gasteiger partial charge in [0, 0.05) is 62.7 Å². The third kappa shape index (κ3) is 3.67. The number of aryl methyl sites for hydroxylation is 1. The SMILES string of the molecule is CNc1ccc(C)c(OC2CCN(C(=O)c3ccncc3)CC2)c1. The van der Waals surface area contributed by atoms with Gasteiger partial charge >= 0.3 is 0 Å². The van der Waals surface area contributed by atoms with E-state index in [9.17, 15) is 4.79 Å². The van der Waals surface area contributed by atoms with Gasteiger partial charge in [0.15, 0.2) is 0 Å². The fraction of sp³-hybridized carbons (Fsp3) is 0.368. The molecule has 2 aromatic rings. The quantitative estimate of drug-likeness (QED) is 0.938. The van der Waals surface area contributed by atoms with Crippen LogP contribution in [0.3, 0.4) is 0 Å². The number of amides is 1. The summed E-state index contributed by atoms with van der Waals surface area (Å²) in [6.45, 7) is 3.49. The van der Waals surface area contributed by atoms with E-state index in [2.05, 4.69) is 23.3 Å². The number of benzene rings is 1. The molecule has 0 bridgehead atoms. The van der Waals surface area contributed by atoms with Crippen LogP contribution < -0.4 is 10.1 Å². The van der Waals surface area contributed by atoms with Crippen LogP contribution in [0.4, 0.5) is 5.69 Å². The fourth-order valence-electron chi connectivity index (χ4n) is 2.92. The lowest BCUT2D eigenvalue weighted by molar-refractivity contribution is 0.0594. The maximum atomic E-state index is 12.5. The lowest BCUT2D eigenvalue weighted by Crippen LogP contribution is -2.41. The van der Waals surface area contributed by atoms with Crippen LogP contribution in [0.5, 0.6) is 5.75 Å². The van der Waals surface area contributed by atoms with Crippen LogP contribution in [0.25, 0.3) is 0 Å². The zero-order chi connectivity index (χ0) is 16.9. The van der Waals surface area contributed by atoms with Gasteiger partial charge in [-0.3, -0.25) is 9.78 Å². The van der Waals surface area contributed by atoms with Crippen LogP contribution in [-0.4, -0.2) is 42.0 Å².